The Morgan fingerprint density at radius 2 is 1.86 bits per heavy atom. The first-order chi connectivity index (χ1) is 6.01. The first-order valence-electron chi connectivity index (χ1n) is 4.34. The van der Waals surface area contributed by atoms with E-state index in [9.17, 15) is 13.2 Å². The lowest BCUT2D eigenvalue weighted by atomic mass is 10.1. The van der Waals surface area contributed by atoms with Gasteiger partial charge < -0.3 is 5.32 Å². The van der Waals surface area contributed by atoms with E-state index in [1.54, 1.807) is 0 Å². The van der Waals surface area contributed by atoms with Crippen LogP contribution in [-0.4, -0.2) is 25.6 Å². The Morgan fingerprint density at radius 1 is 1.43 bits per heavy atom. The second-order valence-electron chi connectivity index (χ2n) is 4.47. The van der Waals surface area contributed by atoms with Crippen LogP contribution < -0.4 is 10.5 Å². The lowest BCUT2D eigenvalue weighted by Crippen LogP contribution is -2.45. The molecule has 84 valence electrons. The average molecular weight is 222 g/mol. The average Bonchev–Trinajstić information content (AvgIpc) is 1.78. The summed E-state index contributed by atoms with van der Waals surface area (Å²) in [7, 11) is -3.58. The van der Waals surface area contributed by atoms with E-state index in [1.165, 1.54) is 6.92 Å². The molecule has 0 aliphatic heterocycles. The molecule has 0 aromatic rings. The monoisotopic (exact) mass is 222 g/mol. The van der Waals surface area contributed by atoms with Gasteiger partial charge in [0.05, 0.1) is 11.7 Å². The minimum Gasteiger partial charge on any atom is -0.351 e. The van der Waals surface area contributed by atoms with Crippen molar-refractivity contribution in [2.75, 3.05) is 5.75 Å². The van der Waals surface area contributed by atoms with E-state index in [0.717, 1.165) is 0 Å². The first-order valence-corrected chi connectivity index (χ1v) is 6.05. The molecule has 0 aliphatic carbocycles. The van der Waals surface area contributed by atoms with E-state index < -0.39 is 15.9 Å². The zero-order chi connectivity index (χ0) is 11.6. The fourth-order valence-corrected chi connectivity index (χ4v) is 1.77. The van der Waals surface area contributed by atoms with Gasteiger partial charge in [-0.05, 0) is 20.8 Å². The molecule has 0 unspecified atom stereocenters. The van der Waals surface area contributed by atoms with Crippen LogP contribution in [0.4, 0.5) is 0 Å². The fourth-order valence-electron chi connectivity index (χ4n) is 0.917. The molecule has 0 bridgehead atoms. The Labute approximate surface area is 85.1 Å². The van der Waals surface area contributed by atoms with Crippen molar-refractivity contribution in [1.29, 1.82) is 0 Å². The highest BCUT2D eigenvalue weighted by atomic mass is 32.2. The quantitative estimate of drug-likeness (QED) is 0.694. The summed E-state index contributed by atoms with van der Waals surface area (Å²) in [6.45, 7) is 7.02. The van der Waals surface area contributed by atoms with Crippen LogP contribution in [-0.2, 0) is 14.8 Å². The molecule has 5 nitrogen and oxygen atoms in total. The van der Waals surface area contributed by atoms with E-state index in [1.807, 2.05) is 20.8 Å². The molecule has 14 heavy (non-hydrogen) atoms. The number of carbonyl (C=O) groups excluding carboxylic acids is 1. The number of primary sulfonamides is 1. The summed E-state index contributed by atoms with van der Waals surface area (Å²) in [5.74, 6) is -1.25. The van der Waals surface area contributed by atoms with Gasteiger partial charge in [0.2, 0.25) is 15.9 Å². The number of sulfonamides is 1. The Kier molecular flexibility index (Phi) is 4.08. The molecule has 0 spiro atoms. The number of nitrogens with one attached hydrogen (secondary N) is 1. The summed E-state index contributed by atoms with van der Waals surface area (Å²) in [5.41, 5.74) is -0.357. The number of carbonyl (C=O) groups is 1. The molecule has 0 aliphatic rings. The molecule has 0 rings (SSSR count). The van der Waals surface area contributed by atoms with E-state index in [-0.39, 0.29) is 17.2 Å². The molecule has 0 fully saturated rings. The molecule has 0 radical (unpaired) electrons. The van der Waals surface area contributed by atoms with Gasteiger partial charge in [-0.15, -0.1) is 0 Å². The normalized spacial score (nSPS) is 14.9. The van der Waals surface area contributed by atoms with Crippen LogP contribution in [0.25, 0.3) is 0 Å². The van der Waals surface area contributed by atoms with E-state index >= 15 is 0 Å². The van der Waals surface area contributed by atoms with E-state index in [0.29, 0.717) is 0 Å². The predicted octanol–water partition coefficient (Wildman–Crippen LogP) is -0.174. The lowest BCUT2D eigenvalue weighted by Gasteiger charge is -2.22. The van der Waals surface area contributed by atoms with Crippen molar-refractivity contribution in [3.8, 4) is 0 Å². The Balaban J connectivity index is 4.29. The molecular weight excluding hydrogens is 204 g/mol. The molecule has 0 aromatic heterocycles. The Hall–Kier alpha value is -0.620. The van der Waals surface area contributed by atoms with Crippen molar-refractivity contribution in [3.05, 3.63) is 0 Å². The Morgan fingerprint density at radius 3 is 2.14 bits per heavy atom. The largest absolute Gasteiger partial charge is 0.351 e. The van der Waals surface area contributed by atoms with Gasteiger partial charge in [-0.25, -0.2) is 13.6 Å². The number of hydrogen-bond donors (Lipinski definition) is 2. The fraction of sp³-hybridized carbons (Fsp3) is 0.875. The summed E-state index contributed by atoms with van der Waals surface area (Å²) < 4.78 is 21.4. The van der Waals surface area contributed by atoms with Crippen molar-refractivity contribution >= 4 is 15.9 Å². The van der Waals surface area contributed by atoms with Crippen molar-refractivity contribution < 1.29 is 13.2 Å². The smallest absolute Gasteiger partial charge is 0.224 e. The maximum absolute atomic E-state index is 11.4. The molecule has 6 heteroatoms. The van der Waals surface area contributed by atoms with Crippen LogP contribution >= 0.6 is 0 Å². The SMILES string of the molecule is C[C@@H](CS(N)(=O)=O)C(=O)NC(C)(C)C. The maximum atomic E-state index is 11.4. The molecule has 0 heterocycles. The number of hydrogen-bond acceptors (Lipinski definition) is 3. The van der Waals surface area contributed by atoms with Crippen LogP contribution in [0, 0.1) is 5.92 Å². The maximum Gasteiger partial charge on any atom is 0.224 e. The highest BCUT2D eigenvalue weighted by Gasteiger charge is 2.22. The van der Waals surface area contributed by atoms with Crippen LogP contribution in [0.5, 0.6) is 0 Å². The van der Waals surface area contributed by atoms with Crippen LogP contribution in [0.2, 0.25) is 0 Å². The summed E-state index contributed by atoms with van der Waals surface area (Å²) in [4.78, 5) is 11.4. The third-order valence-electron chi connectivity index (χ3n) is 1.43. The van der Waals surface area contributed by atoms with E-state index in [2.05, 4.69) is 5.32 Å². The van der Waals surface area contributed by atoms with Gasteiger partial charge in [0.15, 0.2) is 0 Å². The third kappa shape index (κ3) is 6.85. The highest BCUT2D eigenvalue weighted by Crippen LogP contribution is 2.04. The van der Waals surface area contributed by atoms with Gasteiger partial charge in [0.25, 0.3) is 0 Å². The molecular formula is C8H18N2O3S. The summed E-state index contributed by atoms with van der Waals surface area (Å²) in [6, 6.07) is 0. The van der Waals surface area contributed by atoms with Crippen molar-refractivity contribution in [2.45, 2.75) is 33.2 Å². The molecule has 1 amide bonds. The van der Waals surface area contributed by atoms with Crippen LogP contribution in [0.15, 0.2) is 0 Å². The van der Waals surface area contributed by atoms with Crippen molar-refractivity contribution in [2.24, 2.45) is 11.1 Å². The minimum atomic E-state index is -3.58. The summed E-state index contributed by atoms with van der Waals surface area (Å²) in [6.07, 6.45) is 0. The molecule has 0 saturated heterocycles. The van der Waals surface area contributed by atoms with Crippen molar-refractivity contribution in [1.82, 2.24) is 5.32 Å². The summed E-state index contributed by atoms with van der Waals surface area (Å²) >= 11 is 0. The third-order valence-corrected chi connectivity index (χ3v) is 2.39. The Bertz CT molecular complexity index is 303. The summed E-state index contributed by atoms with van der Waals surface area (Å²) in [5, 5.41) is 7.51. The van der Waals surface area contributed by atoms with Gasteiger partial charge in [-0.3, -0.25) is 4.79 Å². The lowest BCUT2D eigenvalue weighted by molar-refractivity contribution is -0.125. The molecule has 0 aromatic carbocycles. The molecule has 1 atom stereocenters. The van der Waals surface area contributed by atoms with Gasteiger partial charge in [-0.1, -0.05) is 6.92 Å². The number of rotatable bonds is 3. The number of amides is 1. The van der Waals surface area contributed by atoms with Crippen molar-refractivity contribution in [3.63, 3.8) is 0 Å². The van der Waals surface area contributed by atoms with Crippen LogP contribution in [0.3, 0.4) is 0 Å². The minimum absolute atomic E-state index is 0.300. The second-order valence-corrected chi connectivity index (χ2v) is 6.13. The zero-order valence-electron chi connectivity index (χ0n) is 8.99. The second kappa shape index (κ2) is 4.27. The topological polar surface area (TPSA) is 89.3 Å². The zero-order valence-corrected chi connectivity index (χ0v) is 9.81. The van der Waals surface area contributed by atoms with Gasteiger partial charge in [0.1, 0.15) is 0 Å². The standard InChI is InChI=1S/C8H18N2O3S/c1-6(5-14(9,12)13)7(11)10-8(2,3)4/h6H,5H2,1-4H3,(H,10,11)(H2,9,12,13)/t6-/m0/s1. The highest BCUT2D eigenvalue weighted by molar-refractivity contribution is 7.89. The first kappa shape index (κ1) is 13.4. The van der Waals surface area contributed by atoms with Gasteiger partial charge in [0, 0.05) is 5.54 Å². The van der Waals surface area contributed by atoms with Gasteiger partial charge >= 0.3 is 0 Å². The van der Waals surface area contributed by atoms with E-state index in [4.69, 9.17) is 5.14 Å². The predicted molar refractivity (Wildman–Crippen MR) is 55.0 cm³/mol. The number of nitrogens with two attached hydrogens (primary N) is 1. The molecule has 0 saturated carbocycles. The molecule has 3 N–H and O–H groups in total. The van der Waals surface area contributed by atoms with Crippen LogP contribution in [0.1, 0.15) is 27.7 Å². The van der Waals surface area contributed by atoms with Gasteiger partial charge in [-0.2, -0.15) is 0 Å².